The van der Waals surface area contributed by atoms with Crippen LogP contribution in [0, 0.1) is 39.4 Å². The molecule has 39 heteroatoms. The zero-order chi connectivity index (χ0) is 71.4. The third kappa shape index (κ3) is 15.7. The van der Waals surface area contributed by atoms with Crippen LogP contribution in [0.25, 0.3) is 0 Å². The van der Waals surface area contributed by atoms with Gasteiger partial charge in [0.15, 0.2) is 37.2 Å². The van der Waals surface area contributed by atoms with Crippen LogP contribution in [-0.2, 0) is 95.6 Å². The van der Waals surface area contributed by atoms with Gasteiger partial charge in [0.1, 0.15) is 127 Å². The number of ether oxygens (including phenoxy) is 12. The van der Waals surface area contributed by atoms with Crippen LogP contribution in [-0.4, -0.2) is 309 Å². The van der Waals surface area contributed by atoms with Crippen molar-refractivity contribution in [2.75, 3.05) is 40.1 Å². The fourth-order valence-electron chi connectivity index (χ4n) is 17.7. The summed E-state index contributed by atoms with van der Waals surface area (Å²) >= 11 is 0. The molecule has 6 saturated heterocycles. The third-order valence-electron chi connectivity index (χ3n) is 22.8. The number of Topliss-reactive ketones (excluding diaryl/α,β-unsaturated/α-hetero) is 1. The van der Waals surface area contributed by atoms with Gasteiger partial charge in [0.2, 0.25) is 20.8 Å². The van der Waals surface area contributed by atoms with E-state index in [1.165, 1.54) is 0 Å². The summed E-state index contributed by atoms with van der Waals surface area (Å²) in [5.74, 6) is -1.41. The van der Waals surface area contributed by atoms with Gasteiger partial charge in [-0.1, -0.05) is 45.9 Å². The molecule has 35 nitrogen and oxygen atoms in total. The molecule has 0 aromatic carbocycles. The number of carbonyl (C=O) groups is 2. The number of carbonyl (C=O) groups excluding carboxylic acids is 2. The number of hydrogen-bond donors (Lipinski definition) is 13. The number of aliphatic hydroxyl groups is 13. The van der Waals surface area contributed by atoms with E-state index in [0.29, 0.717) is 37.7 Å². The van der Waals surface area contributed by atoms with Crippen molar-refractivity contribution in [3.05, 3.63) is 23.8 Å². The average Bonchev–Trinajstić information content (AvgIpc) is 1.53. The molecule has 99 heavy (non-hydrogen) atoms. The summed E-state index contributed by atoms with van der Waals surface area (Å²) in [5, 5.41) is 147. The molecule has 0 bridgehead atoms. The summed E-state index contributed by atoms with van der Waals surface area (Å²) in [6.45, 7) is 10.3. The third-order valence-corrected chi connectivity index (χ3v) is 23.7. The molecule has 0 aromatic heterocycles. The van der Waals surface area contributed by atoms with Crippen LogP contribution in [0.2, 0.25) is 0 Å². The number of allylic oxidation sites excluding steroid dienone is 2. The number of fused-ring (bicyclic) bond motifs is 4. The molecule has 1 spiro atoms. The Labute approximate surface area is 616 Å². The van der Waals surface area contributed by atoms with Crippen molar-refractivity contribution in [3.8, 4) is 0 Å². The Hall–Kier alpha value is -0.600. The first-order chi connectivity index (χ1) is 45.2. The topological polar surface area (TPSA) is 541 Å². The predicted octanol–water partition coefficient (Wildman–Crippen LogP) is -11.5. The molecule has 6 heterocycles. The van der Waals surface area contributed by atoms with E-state index in [1.54, 1.807) is 6.92 Å². The van der Waals surface area contributed by atoms with Crippen molar-refractivity contribution in [2.45, 2.75) is 258 Å². The number of methoxy groups -OCH3 is 1. The van der Waals surface area contributed by atoms with E-state index >= 15 is 0 Å². The number of rotatable bonds is 23. The van der Waals surface area contributed by atoms with E-state index in [-0.39, 0.29) is 96.0 Å². The zero-order valence-electron chi connectivity index (χ0n) is 56.3. The van der Waals surface area contributed by atoms with Gasteiger partial charge < -0.3 is 132 Å². The molecule has 0 radical (unpaired) electrons. The van der Waals surface area contributed by atoms with Crippen molar-refractivity contribution < 1.29 is 226 Å². The summed E-state index contributed by atoms with van der Waals surface area (Å²) < 4.78 is 149. The first-order valence-corrected chi connectivity index (χ1v) is 35.0. The molecule has 9 fully saturated rings. The second-order valence-electron chi connectivity index (χ2n) is 28.6. The Kier molecular flexibility index (Phi) is 27.1. The van der Waals surface area contributed by atoms with Crippen LogP contribution in [0.1, 0.15) is 92.9 Å². The van der Waals surface area contributed by atoms with Gasteiger partial charge in [-0.05, 0) is 92.4 Å². The molecule has 1 unspecified atom stereocenters. The first-order valence-electron chi connectivity index (χ1n) is 32.3. The number of esters is 1. The Morgan fingerprint density at radius 1 is 0.596 bits per heavy atom. The number of cyclic esters (lactones) is 1. The van der Waals surface area contributed by atoms with Gasteiger partial charge in [-0.15, -0.1) is 0 Å². The summed E-state index contributed by atoms with van der Waals surface area (Å²) in [6, 6.07) is 0. The van der Waals surface area contributed by atoms with E-state index in [0.717, 1.165) is 12.7 Å². The zero-order valence-corrected chi connectivity index (χ0v) is 62.0. The fraction of sp³-hybridized carbons (Fsp3) is 0.900. The van der Waals surface area contributed by atoms with Gasteiger partial charge in [-0.2, -0.15) is 0 Å². The molecule has 0 aromatic rings. The largest absolute Gasteiger partial charge is 1.00 e. The van der Waals surface area contributed by atoms with Crippen LogP contribution in [0.4, 0.5) is 0 Å². The Morgan fingerprint density at radius 2 is 1.12 bits per heavy atom. The van der Waals surface area contributed by atoms with Crippen LogP contribution in [0.15, 0.2) is 23.8 Å². The molecule has 3 saturated carbocycles. The van der Waals surface area contributed by atoms with E-state index < -0.39 is 253 Å². The summed E-state index contributed by atoms with van der Waals surface area (Å²) in [7, 11) is -9.82. The van der Waals surface area contributed by atoms with Gasteiger partial charge in [0.25, 0.3) is 0 Å². The van der Waals surface area contributed by atoms with Crippen LogP contribution >= 0.6 is 0 Å². The van der Waals surface area contributed by atoms with Crippen molar-refractivity contribution in [2.24, 2.45) is 39.4 Å². The van der Waals surface area contributed by atoms with Gasteiger partial charge in [0.05, 0.1) is 45.2 Å². The molecule has 10 rings (SSSR count). The SMILES string of the molecule is C=C(C)C(=O)CC[C@]1(C)OC(=O)[C@]23[C@@H](O)C=C4[C@@H](CC[C@H]5C(C)(C)C(O[C@@H]6OC[C@@H](O[C@@H]7O[C@H](COS(=O)(=O)[O-])[C@@H](O)[C@H](O)[C@H]7O)[C@H](O)[C@H]6O[C@@H]6O[C@H](CO)[C@@H](O[C@@H]7O[C@H](COS(=O)(=O)[O-])[C@@H](O)[C@H](O[C@@H]8O[C@H](CO)[C@@H](O)[C@H](OC)[C@H]8O)[C@H]7O)[C@H](O)[C@H]6O)CC[C@]45C)[C@]2(C)CC[C@@H]31.[Na+].[Na+]. The smallest absolute Gasteiger partial charge is 0.726 e. The molecule has 556 valence electrons. The first kappa shape index (κ1) is 84.0. The van der Waals surface area contributed by atoms with Gasteiger partial charge in [-0.3, -0.25) is 18.0 Å². The maximum Gasteiger partial charge on any atom is 1.00 e. The van der Waals surface area contributed by atoms with Crippen LogP contribution < -0.4 is 59.1 Å². The minimum atomic E-state index is -5.52. The average molecular weight is 1480 g/mol. The van der Waals surface area contributed by atoms with Crippen molar-refractivity contribution in [1.29, 1.82) is 0 Å². The molecule has 0 amide bonds. The minimum absolute atomic E-state index is 0. The Morgan fingerprint density at radius 3 is 1.71 bits per heavy atom. The van der Waals surface area contributed by atoms with Crippen LogP contribution in [0.3, 0.4) is 0 Å². The van der Waals surface area contributed by atoms with E-state index in [4.69, 9.17) is 56.8 Å². The molecular weight excluding hydrogens is 1390 g/mol. The number of aliphatic hydroxyl groups excluding tert-OH is 13. The van der Waals surface area contributed by atoms with E-state index in [9.17, 15) is 102 Å². The monoisotopic (exact) mass is 1480 g/mol. The molecule has 10 aliphatic rings. The Balaban J connectivity index is 0.00000624. The summed E-state index contributed by atoms with van der Waals surface area (Å²) in [6.07, 6.45) is -44.2. The van der Waals surface area contributed by atoms with Gasteiger partial charge in [-0.25, -0.2) is 16.8 Å². The second-order valence-corrected chi connectivity index (χ2v) is 30.7. The summed E-state index contributed by atoms with van der Waals surface area (Å²) in [4.78, 5) is 27.4. The summed E-state index contributed by atoms with van der Waals surface area (Å²) in [5.41, 5.74) is -3.12. The normalized spacial score (nSPS) is 48.2. The number of hydrogen-bond acceptors (Lipinski definition) is 35. The van der Waals surface area contributed by atoms with Crippen molar-refractivity contribution in [3.63, 3.8) is 0 Å². The fourth-order valence-corrected chi connectivity index (χ4v) is 18.3. The molecule has 33 atom stereocenters. The predicted molar refractivity (Wildman–Crippen MR) is 313 cm³/mol. The molecular formula is C60H92Na2O35S2. The van der Waals surface area contributed by atoms with Gasteiger partial charge in [0, 0.05) is 19.4 Å². The minimum Gasteiger partial charge on any atom is -0.726 e. The quantitative estimate of drug-likeness (QED) is 0.00859. The maximum atomic E-state index is 14.6. The maximum absolute atomic E-state index is 14.6. The van der Waals surface area contributed by atoms with Crippen molar-refractivity contribution in [1.82, 2.24) is 0 Å². The second kappa shape index (κ2) is 31.9. The number of ketones is 1. The van der Waals surface area contributed by atoms with Gasteiger partial charge >= 0.3 is 65.1 Å². The van der Waals surface area contributed by atoms with E-state index in [1.807, 2.05) is 26.8 Å². The Bertz CT molecular complexity index is 3100. The molecule has 4 aliphatic carbocycles. The molecule has 6 aliphatic heterocycles. The van der Waals surface area contributed by atoms with E-state index in [2.05, 4.69) is 28.8 Å². The van der Waals surface area contributed by atoms with Crippen molar-refractivity contribution >= 4 is 32.6 Å². The van der Waals surface area contributed by atoms with Crippen LogP contribution in [0.5, 0.6) is 0 Å². The standard InChI is InChI=1S/C60H94O35S2.2Na/c1-23(2)26(63)11-16-59(7)33-12-15-58(6)24-9-10-32-56(3,4)35(13-14-57(32,5)25(24)17-34(64)60(33,58)55(75)95-59)91-54-49(39(68)29(20-83-54)88-50-42(71)40(69)36(65)30(89-50)21-84-96(76,77)78)94-51-43(72)41(70)46(28(19-62)87-51)92-53-45(74)48(38(67)31(90-53)22-85-97(79,80)81)93-52-44(73)47(82-8)37(66)27(18-61)86-52;;/h17,24,27-54,61-62,64-74H,1,9-16,18-22H2,2-8H3,(H,76,77,78)(H,79,80,81);;/q;2*+1/p-2/t24-,27-,28-,29-,30-,31-,32+,33-,34+,35?,36-,37-,38-,39+,40+,41-,42-,43-,44-,45-,46-,47+,48+,49-,50-,51+,52+,53+,54+,57-,58+,59+,60+;;/m1../s1. The molecule has 13 N–H and O–H groups in total.